The summed E-state index contributed by atoms with van der Waals surface area (Å²) < 4.78 is 7.17. The first kappa shape index (κ1) is 19.9. The second kappa shape index (κ2) is 8.22. The minimum Gasteiger partial charge on any atom is -0.494 e. The van der Waals surface area contributed by atoms with E-state index in [4.69, 9.17) is 21.3 Å². The van der Waals surface area contributed by atoms with Crippen molar-refractivity contribution < 1.29 is 9.53 Å². The first-order valence-corrected chi connectivity index (χ1v) is 11.3. The van der Waals surface area contributed by atoms with Gasteiger partial charge in [-0.2, -0.15) is 0 Å². The van der Waals surface area contributed by atoms with Crippen molar-refractivity contribution in [3.8, 4) is 5.75 Å². The minimum absolute atomic E-state index is 0.223. The number of fused-ring (bicyclic) bond motifs is 2. The van der Waals surface area contributed by atoms with Gasteiger partial charge in [0.25, 0.3) is 5.91 Å². The molecule has 154 valence electrons. The van der Waals surface area contributed by atoms with Gasteiger partial charge in [0.05, 0.1) is 33.6 Å². The molecule has 0 fully saturated rings. The number of aromatic nitrogens is 3. The lowest BCUT2D eigenvalue weighted by Gasteiger charge is -2.18. The van der Waals surface area contributed by atoms with Crippen LogP contribution in [0.2, 0.25) is 5.02 Å². The van der Waals surface area contributed by atoms with Crippen LogP contribution in [0.25, 0.3) is 20.4 Å². The zero-order valence-electron chi connectivity index (χ0n) is 16.3. The molecular weight excluding hydrogens is 452 g/mol. The van der Waals surface area contributed by atoms with Gasteiger partial charge in [-0.25, -0.2) is 9.97 Å². The predicted octanol–water partition coefficient (Wildman–Crippen LogP) is 5.81. The molecule has 6 nitrogen and oxygen atoms in total. The Bertz CT molecular complexity index is 1370. The van der Waals surface area contributed by atoms with Gasteiger partial charge in [-0.1, -0.05) is 41.1 Å². The van der Waals surface area contributed by atoms with E-state index in [0.29, 0.717) is 33.0 Å². The number of halogens is 1. The van der Waals surface area contributed by atoms with Gasteiger partial charge in [-0.05, 0) is 35.9 Å². The molecule has 0 aliphatic carbocycles. The quantitative estimate of drug-likeness (QED) is 0.327. The molecule has 0 aliphatic rings. The third-order valence-electron chi connectivity index (χ3n) is 4.68. The highest BCUT2D eigenvalue weighted by atomic mass is 35.5. The fraction of sp³-hybridized carbons (Fsp3) is 0.0909. The average molecular weight is 467 g/mol. The monoisotopic (exact) mass is 466 g/mol. The van der Waals surface area contributed by atoms with Crippen LogP contribution < -0.4 is 9.64 Å². The molecule has 0 unspecified atom stereocenters. The van der Waals surface area contributed by atoms with Gasteiger partial charge in [-0.3, -0.25) is 14.7 Å². The minimum atomic E-state index is -0.223. The molecule has 0 aliphatic heterocycles. The van der Waals surface area contributed by atoms with Gasteiger partial charge in [0.1, 0.15) is 11.3 Å². The summed E-state index contributed by atoms with van der Waals surface area (Å²) in [6.45, 7) is 0.308. The number of hydrogen-bond donors (Lipinski definition) is 0. The Labute approximate surface area is 190 Å². The Morgan fingerprint density at radius 1 is 1.10 bits per heavy atom. The van der Waals surface area contributed by atoms with Crippen LogP contribution in [-0.4, -0.2) is 28.0 Å². The highest BCUT2D eigenvalue weighted by molar-refractivity contribution is 7.23. The van der Waals surface area contributed by atoms with Crippen LogP contribution in [0.15, 0.2) is 60.9 Å². The van der Waals surface area contributed by atoms with Crippen LogP contribution >= 0.6 is 34.3 Å². The van der Waals surface area contributed by atoms with Crippen molar-refractivity contribution in [3.63, 3.8) is 0 Å². The largest absolute Gasteiger partial charge is 0.494 e. The van der Waals surface area contributed by atoms with Crippen LogP contribution in [0.1, 0.15) is 15.4 Å². The third kappa shape index (κ3) is 3.74. The van der Waals surface area contributed by atoms with E-state index in [0.717, 1.165) is 20.5 Å². The average Bonchev–Trinajstić information content (AvgIpc) is 3.43. The number of nitrogens with zero attached hydrogens (tertiary/aromatic N) is 4. The summed E-state index contributed by atoms with van der Waals surface area (Å²) in [5, 5.41) is 1.49. The van der Waals surface area contributed by atoms with E-state index in [1.165, 1.54) is 22.7 Å². The number of rotatable bonds is 5. The standard InChI is InChI=1S/C22H15ClN4O2S2/c1-29-16-9-8-14(23)19-18(16)26-22(31-19)27(12-13-5-4-10-24-11-13)21(28)20-25-15-6-2-3-7-17(15)30-20/h2-11H,12H2,1H3. The highest BCUT2D eigenvalue weighted by Gasteiger charge is 2.26. The van der Waals surface area contributed by atoms with Crippen LogP contribution in [-0.2, 0) is 6.54 Å². The molecule has 0 atom stereocenters. The van der Waals surface area contributed by atoms with Crippen molar-refractivity contribution >= 4 is 65.7 Å². The van der Waals surface area contributed by atoms with E-state index in [9.17, 15) is 4.79 Å². The smallest absolute Gasteiger partial charge is 0.289 e. The third-order valence-corrected chi connectivity index (χ3v) is 7.25. The Morgan fingerprint density at radius 3 is 2.74 bits per heavy atom. The molecule has 3 heterocycles. The summed E-state index contributed by atoms with van der Waals surface area (Å²) in [5.41, 5.74) is 2.31. The van der Waals surface area contributed by atoms with Crippen molar-refractivity contribution in [2.45, 2.75) is 6.54 Å². The number of anilines is 1. The highest BCUT2D eigenvalue weighted by Crippen LogP contribution is 2.39. The van der Waals surface area contributed by atoms with Crippen molar-refractivity contribution in [2.75, 3.05) is 12.0 Å². The number of benzene rings is 2. The summed E-state index contributed by atoms with van der Waals surface area (Å²) in [5.74, 6) is 0.384. The molecule has 9 heteroatoms. The Balaban J connectivity index is 1.62. The number of methoxy groups -OCH3 is 1. The zero-order chi connectivity index (χ0) is 21.4. The molecule has 5 rings (SSSR count). The van der Waals surface area contributed by atoms with Gasteiger partial charge in [0, 0.05) is 12.4 Å². The number of hydrogen-bond acceptors (Lipinski definition) is 7. The first-order valence-electron chi connectivity index (χ1n) is 9.33. The maximum Gasteiger partial charge on any atom is 0.289 e. The molecule has 1 amide bonds. The van der Waals surface area contributed by atoms with Crippen LogP contribution in [0.4, 0.5) is 5.13 Å². The Kier molecular flexibility index (Phi) is 5.27. The number of amides is 1. The van der Waals surface area contributed by atoms with Gasteiger partial charge < -0.3 is 4.74 Å². The summed E-state index contributed by atoms with van der Waals surface area (Å²) >= 11 is 9.12. The van der Waals surface area contributed by atoms with Crippen LogP contribution in [0.3, 0.4) is 0 Å². The number of ether oxygens (including phenoxy) is 1. The lowest BCUT2D eigenvalue weighted by Crippen LogP contribution is -2.30. The number of para-hydroxylation sites is 1. The summed E-state index contributed by atoms with van der Waals surface area (Å²) in [6.07, 6.45) is 3.44. The number of carbonyl (C=O) groups is 1. The van der Waals surface area contributed by atoms with E-state index in [1.54, 1.807) is 36.5 Å². The van der Waals surface area contributed by atoms with Crippen LogP contribution in [0, 0.1) is 0 Å². The molecule has 3 aromatic heterocycles. The normalized spacial score (nSPS) is 11.2. The molecule has 0 saturated heterocycles. The topological polar surface area (TPSA) is 68.2 Å². The molecule has 0 N–H and O–H groups in total. The van der Waals surface area contributed by atoms with E-state index in [1.807, 2.05) is 36.4 Å². The van der Waals surface area contributed by atoms with Gasteiger partial charge in [-0.15, -0.1) is 11.3 Å². The lowest BCUT2D eigenvalue weighted by atomic mass is 10.2. The second-order valence-electron chi connectivity index (χ2n) is 6.66. The molecular formula is C22H15ClN4O2S2. The molecule has 2 aromatic carbocycles. The van der Waals surface area contributed by atoms with E-state index >= 15 is 0 Å². The molecule has 0 spiro atoms. The van der Waals surface area contributed by atoms with Gasteiger partial charge in [0.2, 0.25) is 0 Å². The molecule has 0 bridgehead atoms. The SMILES string of the molecule is COc1ccc(Cl)c2sc(N(Cc3cccnc3)C(=O)c3nc4ccccc4s3)nc12. The van der Waals surface area contributed by atoms with E-state index in [2.05, 4.69) is 9.97 Å². The summed E-state index contributed by atoms with van der Waals surface area (Å²) in [7, 11) is 1.58. The zero-order valence-corrected chi connectivity index (χ0v) is 18.7. The number of carbonyl (C=O) groups excluding carboxylic acids is 1. The van der Waals surface area contributed by atoms with Crippen molar-refractivity contribution in [1.29, 1.82) is 0 Å². The van der Waals surface area contributed by atoms with E-state index < -0.39 is 0 Å². The summed E-state index contributed by atoms with van der Waals surface area (Å²) in [6, 6.07) is 15.0. The number of thiazole rings is 2. The van der Waals surface area contributed by atoms with Gasteiger partial charge in [0.15, 0.2) is 10.1 Å². The maximum absolute atomic E-state index is 13.6. The van der Waals surface area contributed by atoms with Crippen molar-refractivity contribution in [2.24, 2.45) is 0 Å². The fourth-order valence-electron chi connectivity index (χ4n) is 3.20. The Hall–Kier alpha value is -3.07. The number of pyridine rings is 1. The fourth-order valence-corrected chi connectivity index (χ4v) is 5.37. The van der Waals surface area contributed by atoms with Gasteiger partial charge >= 0.3 is 0 Å². The van der Waals surface area contributed by atoms with Crippen molar-refractivity contribution in [1.82, 2.24) is 15.0 Å². The van der Waals surface area contributed by atoms with Crippen LogP contribution in [0.5, 0.6) is 5.75 Å². The summed E-state index contributed by atoms with van der Waals surface area (Å²) in [4.78, 5) is 28.6. The molecule has 0 saturated carbocycles. The molecule has 5 aromatic rings. The van der Waals surface area contributed by atoms with E-state index in [-0.39, 0.29) is 5.91 Å². The molecule has 0 radical (unpaired) electrons. The lowest BCUT2D eigenvalue weighted by molar-refractivity contribution is 0.0985. The first-order chi connectivity index (χ1) is 15.1. The Morgan fingerprint density at radius 2 is 1.97 bits per heavy atom. The van der Waals surface area contributed by atoms with Crippen molar-refractivity contribution in [3.05, 3.63) is 76.5 Å². The maximum atomic E-state index is 13.6. The second-order valence-corrected chi connectivity index (χ2v) is 9.08. The molecule has 31 heavy (non-hydrogen) atoms. The predicted molar refractivity (Wildman–Crippen MR) is 126 cm³/mol.